The van der Waals surface area contributed by atoms with Crippen LogP contribution in [0.3, 0.4) is 0 Å². The maximum absolute atomic E-state index is 12.5. The van der Waals surface area contributed by atoms with E-state index in [1.165, 1.54) is 6.42 Å². The Morgan fingerprint density at radius 2 is 1.96 bits per heavy atom. The molecule has 2 aromatic heterocycles. The zero-order chi connectivity index (χ0) is 17.2. The predicted octanol–water partition coefficient (Wildman–Crippen LogP) is 1.23. The first-order valence-electron chi connectivity index (χ1n) is 9.23. The van der Waals surface area contributed by atoms with E-state index in [1.54, 1.807) is 29.1 Å². The molecule has 1 amide bonds. The molecule has 0 aromatic carbocycles. The Labute approximate surface area is 147 Å². The van der Waals surface area contributed by atoms with Gasteiger partial charge in [0.2, 0.25) is 0 Å². The normalized spacial score (nSPS) is 26.0. The van der Waals surface area contributed by atoms with Gasteiger partial charge in [0.15, 0.2) is 5.65 Å². The maximum atomic E-state index is 12.5. The smallest absolute Gasteiger partial charge is 0.252 e. The summed E-state index contributed by atoms with van der Waals surface area (Å²) >= 11 is 0. The second kappa shape index (κ2) is 7.09. The molecular formula is C18H25N5O2. The monoisotopic (exact) mass is 343 g/mol. The number of aliphatic hydroxyl groups is 1. The van der Waals surface area contributed by atoms with Gasteiger partial charge in [-0.1, -0.05) is 12.8 Å². The molecule has 2 N–H and O–H groups in total. The van der Waals surface area contributed by atoms with Crippen LogP contribution in [0.2, 0.25) is 0 Å². The molecule has 3 heterocycles. The molecule has 2 atom stereocenters. The van der Waals surface area contributed by atoms with E-state index in [1.807, 2.05) is 0 Å². The highest BCUT2D eigenvalue weighted by molar-refractivity contribution is 5.94. The Balaban J connectivity index is 1.32. The summed E-state index contributed by atoms with van der Waals surface area (Å²) in [5.41, 5.74) is 1.35. The highest BCUT2D eigenvalue weighted by Gasteiger charge is 2.31. The molecule has 2 fully saturated rings. The molecule has 7 nitrogen and oxygen atoms in total. The first kappa shape index (κ1) is 16.5. The fraction of sp³-hybridized carbons (Fsp3) is 0.611. The van der Waals surface area contributed by atoms with Crippen molar-refractivity contribution in [2.24, 2.45) is 0 Å². The van der Waals surface area contributed by atoms with Gasteiger partial charge in [0.25, 0.3) is 5.91 Å². The summed E-state index contributed by atoms with van der Waals surface area (Å²) < 4.78 is 1.75. The van der Waals surface area contributed by atoms with Gasteiger partial charge < -0.3 is 10.4 Å². The lowest BCUT2D eigenvalue weighted by molar-refractivity contribution is 0.00727. The van der Waals surface area contributed by atoms with Crippen molar-refractivity contribution in [3.05, 3.63) is 30.2 Å². The van der Waals surface area contributed by atoms with Crippen LogP contribution in [0.4, 0.5) is 0 Å². The highest BCUT2D eigenvalue weighted by atomic mass is 16.3. The number of aliphatic hydroxyl groups excluding tert-OH is 1. The molecule has 4 rings (SSSR count). The van der Waals surface area contributed by atoms with Gasteiger partial charge in [-0.15, -0.1) is 10.2 Å². The van der Waals surface area contributed by atoms with Crippen LogP contribution in [0.1, 0.15) is 48.9 Å². The summed E-state index contributed by atoms with van der Waals surface area (Å²) in [6, 6.07) is 4.09. The minimum absolute atomic E-state index is 0.0493. The first-order chi connectivity index (χ1) is 12.2. The number of fused-ring (bicyclic) bond motifs is 1. The molecule has 25 heavy (non-hydrogen) atoms. The molecule has 2 aliphatic rings. The van der Waals surface area contributed by atoms with Gasteiger partial charge in [-0.05, 0) is 37.8 Å². The number of aromatic nitrogens is 3. The summed E-state index contributed by atoms with van der Waals surface area (Å²) in [4.78, 5) is 14.9. The number of likely N-dealkylation sites (tertiary alicyclic amines) is 1. The Hall–Kier alpha value is -1.99. The van der Waals surface area contributed by atoms with Crippen molar-refractivity contribution in [2.45, 2.75) is 56.7 Å². The lowest BCUT2D eigenvalue weighted by atomic mass is 9.89. The summed E-state index contributed by atoms with van der Waals surface area (Å²) in [6.07, 6.45) is 9.41. The largest absolute Gasteiger partial charge is 0.391 e. The Morgan fingerprint density at radius 1 is 1.16 bits per heavy atom. The second-order valence-corrected chi connectivity index (χ2v) is 7.22. The number of nitrogens with zero attached hydrogens (tertiary/aromatic N) is 4. The summed E-state index contributed by atoms with van der Waals surface area (Å²) in [7, 11) is 0. The van der Waals surface area contributed by atoms with Gasteiger partial charge in [0, 0.05) is 31.4 Å². The van der Waals surface area contributed by atoms with E-state index in [2.05, 4.69) is 20.4 Å². The number of hydrogen-bond acceptors (Lipinski definition) is 5. The lowest BCUT2D eigenvalue weighted by Gasteiger charge is -2.41. The molecule has 0 radical (unpaired) electrons. The third-order valence-electron chi connectivity index (χ3n) is 5.58. The van der Waals surface area contributed by atoms with Crippen LogP contribution in [0.25, 0.3) is 5.65 Å². The topological polar surface area (TPSA) is 82.8 Å². The summed E-state index contributed by atoms with van der Waals surface area (Å²) in [6.45, 7) is 1.88. The predicted molar refractivity (Wildman–Crippen MR) is 93.3 cm³/mol. The highest BCUT2D eigenvalue weighted by Crippen LogP contribution is 2.26. The minimum Gasteiger partial charge on any atom is -0.391 e. The quantitative estimate of drug-likeness (QED) is 0.876. The van der Waals surface area contributed by atoms with Crippen molar-refractivity contribution in [1.82, 2.24) is 24.8 Å². The summed E-state index contributed by atoms with van der Waals surface area (Å²) in [5, 5.41) is 21.2. The number of amides is 1. The minimum atomic E-state index is -0.185. The molecule has 1 aliphatic carbocycles. The van der Waals surface area contributed by atoms with Crippen molar-refractivity contribution in [1.29, 1.82) is 0 Å². The van der Waals surface area contributed by atoms with Crippen molar-refractivity contribution in [2.75, 3.05) is 13.1 Å². The van der Waals surface area contributed by atoms with Gasteiger partial charge in [-0.2, -0.15) is 0 Å². The number of hydrogen-bond donors (Lipinski definition) is 2. The van der Waals surface area contributed by atoms with E-state index in [4.69, 9.17) is 0 Å². The number of nitrogens with one attached hydrogen (secondary N) is 1. The van der Waals surface area contributed by atoms with Crippen molar-refractivity contribution >= 4 is 11.6 Å². The molecule has 7 heteroatoms. The van der Waals surface area contributed by atoms with Gasteiger partial charge >= 0.3 is 0 Å². The van der Waals surface area contributed by atoms with Gasteiger partial charge in [-0.3, -0.25) is 14.1 Å². The van der Waals surface area contributed by atoms with Crippen LogP contribution in [0.15, 0.2) is 24.7 Å². The van der Waals surface area contributed by atoms with E-state index in [0.717, 1.165) is 50.8 Å². The van der Waals surface area contributed by atoms with Crippen LogP contribution in [-0.2, 0) is 0 Å². The van der Waals surface area contributed by atoms with Crippen molar-refractivity contribution < 1.29 is 9.90 Å². The molecule has 1 aliphatic heterocycles. The molecule has 1 saturated carbocycles. The zero-order valence-electron chi connectivity index (χ0n) is 14.3. The summed E-state index contributed by atoms with van der Waals surface area (Å²) in [5.74, 6) is -0.0493. The molecule has 134 valence electrons. The molecule has 0 spiro atoms. The lowest BCUT2D eigenvalue weighted by Crippen LogP contribution is -2.52. The molecular weight excluding hydrogens is 318 g/mol. The molecule has 2 unspecified atom stereocenters. The third kappa shape index (κ3) is 3.52. The Kier molecular flexibility index (Phi) is 4.67. The van der Waals surface area contributed by atoms with Crippen LogP contribution in [0, 0.1) is 0 Å². The fourth-order valence-electron chi connectivity index (χ4n) is 4.12. The van der Waals surface area contributed by atoms with Crippen molar-refractivity contribution in [3.63, 3.8) is 0 Å². The standard InChI is InChI=1S/C18H25N5O2/c24-16-4-2-1-3-15(16)22-9-7-14(8-10-22)20-18(25)13-5-6-17-21-19-12-23(17)11-13/h5-6,11-12,14-16,24H,1-4,7-10H2,(H,20,25). The van der Waals surface area contributed by atoms with E-state index in [0.29, 0.717) is 11.6 Å². The zero-order valence-corrected chi connectivity index (χ0v) is 14.3. The van der Waals surface area contributed by atoms with Crippen LogP contribution < -0.4 is 5.32 Å². The number of carbonyl (C=O) groups is 1. The van der Waals surface area contributed by atoms with Gasteiger partial charge in [0.05, 0.1) is 11.7 Å². The number of pyridine rings is 1. The van der Waals surface area contributed by atoms with E-state index in [9.17, 15) is 9.90 Å². The van der Waals surface area contributed by atoms with E-state index < -0.39 is 0 Å². The van der Waals surface area contributed by atoms with E-state index >= 15 is 0 Å². The molecule has 0 bridgehead atoms. The maximum Gasteiger partial charge on any atom is 0.252 e. The molecule has 1 saturated heterocycles. The van der Waals surface area contributed by atoms with Crippen LogP contribution >= 0.6 is 0 Å². The Bertz CT molecular complexity index is 738. The number of rotatable bonds is 3. The van der Waals surface area contributed by atoms with E-state index in [-0.39, 0.29) is 18.1 Å². The van der Waals surface area contributed by atoms with Crippen LogP contribution in [0.5, 0.6) is 0 Å². The number of carbonyl (C=O) groups excluding carboxylic acids is 1. The van der Waals surface area contributed by atoms with Gasteiger partial charge in [0.1, 0.15) is 6.33 Å². The molecule has 2 aromatic rings. The number of piperidine rings is 1. The van der Waals surface area contributed by atoms with Crippen LogP contribution in [-0.4, -0.2) is 61.8 Å². The average Bonchev–Trinajstić information content (AvgIpc) is 3.10. The fourth-order valence-corrected chi connectivity index (χ4v) is 4.12. The third-order valence-corrected chi connectivity index (χ3v) is 5.58. The van der Waals surface area contributed by atoms with Gasteiger partial charge in [-0.25, -0.2) is 0 Å². The van der Waals surface area contributed by atoms with Crippen molar-refractivity contribution in [3.8, 4) is 0 Å². The average molecular weight is 343 g/mol. The SMILES string of the molecule is O=C(NC1CCN(C2CCCCC2O)CC1)c1ccc2nncn2c1. The Morgan fingerprint density at radius 3 is 2.76 bits per heavy atom. The first-order valence-corrected chi connectivity index (χ1v) is 9.23. The second-order valence-electron chi connectivity index (χ2n) is 7.22.